The van der Waals surface area contributed by atoms with Gasteiger partial charge >= 0.3 is 0 Å². The van der Waals surface area contributed by atoms with Crippen LogP contribution < -0.4 is 0 Å². The molecule has 2 unspecified atom stereocenters. The van der Waals surface area contributed by atoms with Gasteiger partial charge in [-0.1, -0.05) is 6.08 Å². The van der Waals surface area contributed by atoms with Gasteiger partial charge in [0.25, 0.3) is 0 Å². The van der Waals surface area contributed by atoms with Crippen LogP contribution in [0.15, 0.2) is 23.6 Å². The second kappa shape index (κ2) is 7.09. The first-order valence-electron chi connectivity index (χ1n) is 4.94. The lowest BCUT2D eigenvalue weighted by atomic mass is 10.1. The van der Waals surface area contributed by atoms with E-state index in [0.29, 0.717) is 24.3 Å². The molecule has 0 heterocycles. The minimum absolute atomic E-state index is 0.152. The van der Waals surface area contributed by atoms with E-state index in [2.05, 4.69) is 0 Å². The summed E-state index contributed by atoms with van der Waals surface area (Å²) in [6.07, 6.45) is 5.88. The quantitative estimate of drug-likeness (QED) is 0.733. The van der Waals surface area contributed by atoms with E-state index in [-0.39, 0.29) is 12.4 Å². The van der Waals surface area contributed by atoms with Crippen LogP contribution >= 0.6 is 0 Å². The Morgan fingerprint density at radius 1 is 1.50 bits per heavy atom. The summed E-state index contributed by atoms with van der Waals surface area (Å²) >= 11 is -1.32. The van der Waals surface area contributed by atoms with Crippen LogP contribution in [-0.4, -0.2) is 32.8 Å². The lowest BCUT2D eigenvalue weighted by Crippen LogP contribution is -2.11. The molecule has 16 heavy (non-hydrogen) atoms. The lowest BCUT2D eigenvalue weighted by Gasteiger charge is -2.08. The van der Waals surface area contributed by atoms with Crippen LogP contribution in [-0.2, 0) is 26.1 Å². The Bertz CT molecular complexity index is 350. The number of hydrogen-bond donors (Lipinski definition) is 0. The summed E-state index contributed by atoms with van der Waals surface area (Å²) in [6.45, 7) is 0.204. The monoisotopic (exact) mass is 266 g/mol. The Labute approximate surface area is 99.9 Å². The van der Waals surface area contributed by atoms with Crippen LogP contribution in [0.5, 0.6) is 0 Å². The minimum Gasteiger partial charge on any atom is -0.290 e. The number of allylic oxidation sites excluding steroid dienone is 3. The van der Waals surface area contributed by atoms with Gasteiger partial charge in [-0.3, -0.25) is 8.39 Å². The lowest BCUT2D eigenvalue weighted by molar-refractivity contribution is 0.377. The summed E-state index contributed by atoms with van der Waals surface area (Å²) < 4.78 is 39.8. The highest BCUT2D eigenvalue weighted by Gasteiger charge is 2.08. The molecule has 0 fully saturated rings. The molecular weight excluding hydrogens is 251 g/mol. The Hall–Kier alpha value is -0.330. The van der Waals surface area contributed by atoms with Crippen molar-refractivity contribution in [3.8, 4) is 0 Å². The molecule has 0 aromatic heterocycles. The molecule has 6 heteroatoms. The summed E-state index contributed by atoms with van der Waals surface area (Å²) in [7, 11) is -1.09. The molecule has 0 aromatic rings. The minimum atomic E-state index is -1.32. The molecule has 0 saturated heterocycles. The molecule has 0 bridgehead atoms. The van der Waals surface area contributed by atoms with Crippen LogP contribution in [0.4, 0.5) is 4.39 Å². The highest BCUT2D eigenvalue weighted by Crippen LogP contribution is 2.18. The molecule has 3 nitrogen and oxygen atoms in total. The van der Waals surface area contributed by atoms with Gasteiger partial charge in [-0.25, -0.2) is 8.60 Å². The smallest absolute Gasteiger partial charge is 0.152 e. The second-order valence-electron chi connectivity index (χ2n) is 3.42. The topological polar surface area (TPSA) is 43.4 Å². The first-order valence-corrected chi connectivity index (χ1v) is 7.92. The number of hydrogen-bond acceptors (Lipinski definition) is 3. The van der Waals surface area contributed by atoms with Crippen molar-refractivity contribution in [2.75, 3.05) is 24.4 Å². The zero-order valence-electron chi connectivity index (χ0n) is 9.11. The van der Waals surface area contributed by atoms with E-state index in [4.69, 9.17) is 4.18 Å². The molecule has 1 aliphatic rings. The predicted molar refractivity (Wildman–Crippen MR) is 64.4 cm³/mol. The highest BCUT2D eigenvalue weighted by molar-refractivity contribution is 7.85. The van der Waals surface area contributed by atoms with E-state index in [1.807, 2.05) is 6.08 Å². The van der Waals surface area contributed by atoms with Crippen molar-refractivity contribution in [1.82, 2.24) is 0 Å². The largest absolute Gasteiger partial charge is 0.290 e. The molecular formula is C10H15FO3S2. The van der Waals surface area contributed by atoms with E-state index >= 15 is 0 Å². The van der Waals surface area contributed by atoms with Gasteiger partial charge in [0.1, 0.15) is 5.83 Å². The fourth-order valence-electron chi connectivity index (χ4n) is 1.33. The summed E-state index contributed by atoms with van der Waals surface area (Å²) in [6, 6.07) is 0. The molecule has 0 saturated carbocycles. The third-order valence-corrected chi connectivity index (χ3v) is 3.80. The van der Waals surface area contributed by atoms with Gasteiger partial charge < -0.3 is 0 Å². The maximum absolute atomic E-state index is 12.9. The molecule has 0 aliphatic heterocycles. The number of halogens is 1. The molecule has 1 rings (SSSR count). The molecule has 1 aliphatic carbocycles. The summed E-state index contributed by atoms with van der Waals surface area (Å²) in [5, 5.41) is 0. The van der Waals surface area contributed by atoms with E-state index < -0.39 is 21.9 Å². The average Bonchev–Trinajstić information content (AvgIpc) is 2.16. The van der Waals surface area contributed by atoms with Gasteiger partial charge in [0.05, 0.1) is 6.61 Å². The first kappa shape index (κ1) is 13.7. The van der Waals surface area contributed by atoms with Crippen molar-refractivity contribution < 1.29 is 17.0 Å². The number of rotatable bonds is 6. The van der Waals surface area contributed by atoms with Crippen LogP contribution in [0.3, 0.4) is 0 Å². The second-order valence-corrected chi connectivity index (χ2v) is 6.04. The van der Waals surface area contributed by atoms with Crippen molar-refractivity contribution in [2.24, 2.45) is 0 Å². The standard InChI is InChI=1S/C10H15FO3S2/c1-15(12)14-5-6-16(13)8-9-3-2-4-10(11)7-9/h3,7H,2,4-6,8H2,1H3. The normalized spacial score (nSPS) is 19.9. The van der Waals surface area contributed by atoms with Crippen LogP contribution in [0.25, 0.3) is 0 Å². The summed E-state index contributed by atoms with van der Waals surface area (Å²) in [4.78, 5) is 0. The average molecular weight is 266 g/mol. The van der Waals surface area contributed by atoms with Crippen LogP contribution in [0, 0.1) is 0 Å². The predicted octanol–water partition coefficient (Wildman–Crippen LogP) is 1.62. The van der Waals surface area contributed by atoms with Gasteiger partial charge in [-0.15, -0.1) is 0 Å². The van der Waals surface area contributed by atoms with Crippen molar-refractivity contribution in [3.63, 3.8) is 0 Å². The fraction of sp³-hybridized carbons (Fsp3) is 0.600. The maximum atomic E-state index is 12.9. The molecule has 0 radical (unpaired) electrons. The Balaban J connectivity index is 2.29. The third kappa shape index (κ3) is 5.67. The Morgan fingerprint density at radius 2 is 2.25 bits per heavy atom. The van der Waals surface area contributed by atoms with Crippen molar-refractivity contribution in [1.29, 1.82) is 0 Å². The molecule has 0 N–H and O–H groups in total. The highest BCUT2D eigenvalue weighted by atomic mass is 32.2. The molecule has 0 amide bonds. The van der Waals surface area contributed by atoms with Gasteiger partial charge in [-0.2, -0.15) is 0 Å². The van der Waals surface area contributed by atoms with Crippen molar-refractivity contribution in [3.05, 3.63) is 23.6 Å². The zero-order chi connectivity index (χ0) is 12.0. The fourth-order valence-corrected chi connectivity index (χ4v) is 2.74. The Kier molecular flexibility index (Phi) is 6.08. The van der Waals surface area contributed by atoms with Crippen molar-refractivity contribution in [2.45, 2.75) is 12.8 Å². The van der Waals surface area contributed by atoms with E-state index in [0.717, 1.165) is 5.57 Å². The summed E-state index contributed by atoms with van der Waals surface area (Å²) in [5.74, 6) is 0.514. The van der Waals surface area contributed by atoms with Gasteiger partial charge in [0.2, 0.25) is 0 Å². The van der Waals surface area contributed by atoms with E-state index in [1.165, 1.54) is 12.3 Å². The van der Waals surface area contributed by atoms with Crippen molar-refractivity contribution >= 4 is 21.9 Å². The molecule has 0 spiro atoms. The van der Waals surface area contributed by atoms with Crippen LogP contribution in [0.2, 0.25) is 0 Å². The third-order valence-electron chi connectivity index (χ3n) is 2.02. The van der Waals surface area contributed by atoms with Gasteiger partial charge in [0, 0.05) is 35.0 Å². The van der Waals surface area contributed by atoms with Crippen LogP contribution in [0.1, 0.15) is 12.8 Å². The van der Waals surface area contributed by atoms with E-state index in [1.54, 1.807) is 0 Å². The Morgan fingerprint density at radius 3 is 2.88 bits per heavy atom. The molecule has 0 aromatic carbocycles. The maximum Gasteiger partial charge on any atom is 0.152 e. The van der Waals surface area contributed by atoms with Gasteiger partial charge in [0.15, 0.2) is 11.1 Å². The SMILES string of the molecule is CS(=O)OCCS(=O)CC1=CCCC(F)=C1. The summed E-state index contributed by atoms with van der Waals surface area (Å²) in [5.41, 5.74) is 0.778. The zero-order valence-corrected chi connectivity index (χ0v) is 10.7. The molecule has 92 valence electrons. The van der Waals surface area contributed by atoms with Gasteiger partial charge in [-0.05, 0) is 18.1 Å². The first-order chi connectivity index (χ1) is 7.58. The van der Waals surface area contributed by atoms with E-state index in [9.17, 15) is 12.8 Å². The molecule has 2 atom stereocenters.